The molecule has 1 N–H and O–H groups in total. The Balaban J connectivity index is 2.62. The van der Waals surface area contributed by atoms with Gasteiger partial charge < -0.3 is 0 Å². The van der Waals surface area contributed by atoms with E-state index < -0.39 is 10.1 Å². The molecule has 120 valence electrons. The highest BCUT2D eigenvalue weighted by Gasteiger charge is 2.19. The molecule has 0 saturated heterocycles. The maximum Gasteiger partial charge on any atom is 0.295 e. The Labute approximate surface area is 129 Å². The summed E-state index contributed by atoms with van der Waals surface area (Å²) in [6.07, 6.45) is 9.08. The SMILES string of the molecule is CCCCCCCCCc1ccc(C)c(C)c1S(=O)(=O)O. The van der Waals surface area contributed by atoms with Crippen LogP contribution in [-0.2, 0) is 16.5 Å². The first-order chi connectivity index (χ1) is 9.88. The molecule has 4 heteroatoms. The van der Waals surface area contributed by atoms with E-state index in [2.05, 4.69) is 6.92 Å². The molecule has 0 saturated carbocycles. The van der Waals surface area contributed by atoms with Gasteiger partial charge in [-0.15, -0.1) is 0 Å². The number of rotatable bonds is 9. The van der Waals surface area contributed by atoms with E-state index in [0.29, 0.717) is 12.0 Å². The standard InChI is InChI=1S/C17H28O3S/c1-4-5-6-7-8-9-10-11-16-13-12-14(2)15(3)17(16)21(18,19)20/h12-13H,4-11H2,1-3H3,(H,18,19,20). The summed E-state index contributed by atoms with van der Waals surface area (Å²) in [4.78, 5) is 0.119. The van der Waals surface area contributed by atoms with Gasteiger partial charge in [-0.05, 0) is 43.4 Å². The van der Waals surface area contributed by atoms with Gasteiger partial charge >= 0.3 is 0 Å². The lowest BCUT2D eigenvalue weighted by molar-refractivity contribution is 0.481. The molecule has 0 aliphatic heterocycles. The smallest absolute Gasteiger partial charge is 0.282 e. The van der Waals surface area contributed by atoms with Crippen LogP contribution in [0.2, 0.25) is 0 Å². The first-order valence-electron chi connectivity index (χ1n) is 7.94. The summed E-state index contributed by atoms with van der Waals surface area (Å²) in [5.41, 5.74) is 2.30. The molecule has 1 rings (SSSR count). The van der Waals surface area contributed by atoms with Gasteiger partial charge in [-0.3, -0.25) is 4.55 Å². The largest absolute Gasteiger partial charge is 0.295 e. The van der Waals surface area contributed by atoms with E-state index in [4.69, 9.17) is 0 Å². The molecular formula is C17H28O3S. The van der Waals surface area contributed by atoms with Gasteiger partial charge in [0, 0.05) is 0 Å². The summed E-state index contributed by atoms with van der Waals surface area (Å²) >= 11 is 0. The molecule has 0 heterocycles. The van der Waals surface area contributed by atoms with Crippen molar-refractivity contribution in [1.82, 2.24) is 0 Å². The number of hydrogen-bond acceptors (Lipinski definition) is 2. The molecule has 21 heavy (non-hydrogen) atoms. The zero-order valence-corrected chi connectivity index (χ0v) is 14.3. The lowest BCUT2D eigenvalue weighted by Crippen LogP contribution is -2.07. The number of unbranched alkanes of at least 4 members (excludes halogenated alkanes) is 6. The van der Waals surface area contributed by atoms with E-state index in [1.165, 1.54) is 32.1 Å². The molecule has 0 bridgehead atoms. The van der Waals surface area contributed by atoms with Crippen molar-refractivity contribution >= 4 is 10.1 Å². The van der Waals surface area contributed by atoms with Gasteiger partial charge in [0.15, 0.2) is 0 Å². The van der Waals surface area contributed by atoms with Crippen molar-refractivity contribution in [3.63, 3.8) is 0 Å². The summed E-state index contributed by atoms with van der Waals surface area (Å²) in [5, 5.41) is 0. The van der Waals surface area contributed by atoms with Crippen LogP contribution in [0, 0.1) is 13.8 Å². The Morgan fingerprint density at radius 2 is 1.52 bits per heavy atom. The zero-order valence-electron chi connectivity index (χ0n) is 13.5. The molecule has 1 aromatic rings. The molecule has 0 radical (unpaired) electrons. The Bertz CT molecular complexity index is 547. The van der Waals surface area contributed by atoms with E-state index in [9.17, 15) is 13.0 Å². The van der Waals surface area contributed by atoms with Crippen LogP contribution in [0.1, 0.15) is 68.6 Å². The highest BCUT2D eigenvalue weighted by atomic mass is 32.2. The van der Waals surface area contributed by atoms with Gasteiger partial charge in [0.1, 0.15) is 4.90 Å². The maximum atomic E-state index is 11.6. The predicted molar refractivity (Wildman–Crippen MR) is 87.4 cm³/mol. The second kappa shape index (κ2) is 8.54. The molecule has 0 fully saturated rings. The summed E-state index contributed by atoms with van der Waals surface area (Å²) in [6, 6.07) is 3.77. The molecule has 0 atom stereocenters. The van der Waals surface area contributed by atoms with Gasteiger partial charge in [0.05, 0.1) is 0 Å². The number of benzene rings is 1. The lowest BCUT2D eigenvalue weighted by Gasteiger charge is -2.12. The van der Waals surface area contributed by atoms with Crippen LogP contribution in [0.5, 0.6) is 0 Å². The maximum absolute atomic E-state index is 11.6. The third-order valence-corrected chi connectivity index (χ3v) is 5.15. The second-order valence-corrected chi connectivity index (χ2v) is 7.20. The molecular weight excluding hydrogens is 284 g/mol. The van der Waals surface area contributed by atoms with Crippen LogP contribution in [0.15, 0.2) is 17.0 Å². The van der Waals surface area contributed by atoms with Crippen LogP contribution >= 0.6 is 0 Å². The van der Waals surface area contributed by atoms with Crippen LogP contribution in [-0.4, -0.2) is 13.0 Å². The van der Waals surface area contributed by atoms with Crippen LogP contribution < -0.4 is 0 Å². The molecule has 0 spiro atoms. The minimum absolute atomic E-state index is 0.119. The molecule has 0 aliphatic carbocycles. The van der Waals surface area contributed by atoms with E-state index in [0.717, 1.165) is 24.0 Å². The summed E-state index contributed by atoms with van der Waals surface area (Å²) in [5.74, 6) is 0. The molecule has 0 aliphatic rings. The fraction of sp³-hybridized carbons (Fsp3) is 0.647. The molecule has 0 unspecified atom stereocenters. The van der Waals surface area contributed by atoms with Crippen molar-refractivity contribution in [1.29, 1.82) is 0 Å². The Hall–Kier alpha value is -0.870. The van der Waals surface area contributed by atoms with Gasteiger partial charge in [0.25, 0.3) is 10.1 Å². The van der Waals surface area contributed by atoms with Crippen LogP contribution in [0.3, 0.4) is 0 Å². The van der Waals surface area contributed by atoms with Gasteiger partial charge in [-0.2, -0.15) is 8.42 Å². The quantitative estimate of drug-likeness (QED) is 0.524. The van der Waals surface area contributed by atoms with E-state index >= 15 is 0 Å². The van der Waals surface area contributed by atoms with Crippen LogP contribution in [0.4, 0.5) is 0 Å². The fourth-order valence-electron chi connectivity index (χ4n) is 2.67. The van der Waals surface area contributed by atoms with Gasteiger partial charge in [-0.1, -0.05) is 57.6 Å². The Kier molecular flexibility index (Phi) is 7.40. The monoisotopic (exact) mass is 312 g/mol. The average molecular weight is 312 g/mol. The first kappa shape index (κ1) is 18.2. The van der Waals surface area contributed by atoms with E-state index in [1.54, 1.807) is 6.92 Å². The van der Waals surface area contributed by atoms with Crippen molar-refractivity contribution in [3.8, 4) is 0 Å². The normalized spacial score (nSPS) is 11.8. The Morgan fingerprint density at radius 1 is 0.952 bits per heavy atom. The minimum Gasteiger partial charge on any atom is -0.282 e. The van der Waals surface area contributed by atoms with Crippen molar-refractivity contribution in [2.45, 2.75) is 77.0 Å². The van der Waals surface area contributed by atoms with Crippen molar-refractivity contribution in [2.24, 2.45) is 0 Å². The second-order valence-electron chi connectivity index (χ2n) is 5.84. The highest BCUT2D eigenvalue weighted by Crippen LogP contribution is 2.25. The lowest BCUT2D eigenvalue weighted by atomic mass is 10.0. The number of aryl methyl sites for hydroxylation is 2. The van der Waals surface area contributed by atoms with E-state index in [1.807, 2.05) is 19.1 Å². The van der Waals surface area contributed by atoms with Crippen molar-refractivity contribution in [3.05, 3.63) is 28.8 Å². The molecule has 0 aromatic heterocycles. The summed E-state index contributed by atoms with van der Waals surface area (Å²) < 4.78 is 32.6. The first-order valence-corrected chi connectivity index (χ1v) is 9.38. The number of hydrogen-bond donors (Lipinski definition) is 1. The summed E-state index contributed by atoms with van der Waals surface area (Å²) in [7, 11) is -4.14. The van der Waals surface area contributed by atoms with E-state index in [-0.39, 0.29) is 4.90 Å². The zero-order chi connectivity index (χ0) is 15.9. The van der Waals surface area contributed by atoms with Crippen molar-refractivity contribution in [2.75, 3.05) is 0 Å². The third kappa shape index (κ3) is 5.79. The summed E-state index contributed by atoms with van der Waals surface area (Å²) in [6.45, 7) is 5.82. The molecule has 1 aromatic carbocycles. The predicted octanol–water partition coefficient (Wildman–Crippen LogP) is 4.84. The van der Waals surface area contributed by atoms with Gasteiger partial charge in [0.2, 0.25) is 0 Å². The molecule has 0 amide bonds. The highest BCUT2D eigenvalue weighted by molar-refractivity contribution is 7.86. The topological polar surface area (TPSA) is 54.4 Å². The third-order valence-electron chi connectivity index (χ3n) is 4.07. The van der Waals surface area contributed by atoms with Crippen molar-refractivity contribution < 1.29 is 13.0 Å². The molecule has 3 nitrogen and oxygen atoms in total. The fourth-order valence-corrected chi connectivity index (χ4v) is 3.72. The van der Waals surface area contributed by atoms with Gasteiger partial charge in [-0.25, -0.2) is 0 Å². The van der Waals surface area contributed by atoms with Crippen LogP contribution in [0.25, 0.3) is 0 Å². The average Bonchev–Trinajstić information content (AvgIpc) is 2.40. The minimum atomic E-state index is -4.14. The Morgan fingerprint density at radius 3 is 2.10 bits per heavy atom.